The van der Waals surface area contributed by atoms with Crippen molar-refractivity contribution in [1.82, 2.24) is 5.32 Å². The fourth-order valence-corrected chi connectivity index (χ4v) is 2.54. The van der Waals surface area contributed by atoms with Gasteiger partial charge in [-0.25, -0.2) is 0 Å². The lowest BCUT2D eigenvalue weighted by Crippen LogP contribution is -2.19. The van der Waals surface area contributed by atoms with Crippen LogP contribution in [-0.2, 0) is 12.8 Å². The van der Waals surface area contributed by atoms with Crippen LogP contribution in [0, 0.1) is 0 Å². The molecule has 100 valence electrons. The molecule has 1 nitrogen and oxygen atoms in total. The summed E-state index contributed by atoms with van der Waals surface area (Å²) in [6, 6.07) is 19.8. The number of likely N-dealkylation sites (N-methyl/N-ethyl adjacent to an activating group) is 1. The summed E-state index contributed by atoms with van der Waals surface area (Å²) in [6.45, 7) is 3.22. The second kappa shape index (κ2) is 7.10. The molecular weight excluding hydrogens is 230 g/mol. The van der Waals surface area contributed by atoms with Gasteiger partial charge in [0.15, 0.2) is 0 Å². The van der Waals surface area contributed by atoms with Crippen LogP contribution >= 0.6 is 0 Å². The molecule has 0 bridgehead atoms. The molecule has 0 fully saturated rings. The minimum atomic E-state index is 0.540. The van der Waals surface area contributed by atoms with Gasteiger partial charge in [-0.2, -0.15) is 0 Å². The van der Waals surface area contributed by atoms with E-state index < -0.39 is 0 Å². The maximum absolute atomic E-state index is 3.32. The van der Waals surface area contributed by atoms with Crippen LogP contribution in [-0.4, -0.2) is 13.6 Å². The van der Waals surface area contributed by atoms with Crippen LogP contribution in [0.5, 0.6) is 0 Å². The monoisotopic (exact) mass is 253 g/mol. The maximum Gasteiger partial charge on any atom is 0.00203 e. The van der Waals surface area contributed by atoms with Crippen molar-refractivity contribution in [2.45, 2.75) is 25.7 Å². The Morgan fingerprint density at radius 2 is 1.68 bits per heavy atom. The number of aryl methyl sites for hydroxylation is 1. The first-order chi connectivity index (χ1) is 9.33. The third kappa shape index (κ3) is 3.93. The van der Waals surface area contributed by atoms with Gasteiger partial charge in [0, 0.05) is 12.5 Å². The molecule has 2 aromatic carbocycles. The van der Waals surface area contributed by atoms with Crippen molar-refractivity contribution in [2.24, 2.45) is 0 Å². The van der Waals surface area contributed by atoms with E-state index in [-0.39, 0.29) is 0 Å². The third-order valence-electron chi connectivity index (χ3n) is 3.60. The Labute approximate surface area is 116 Å². The second-order valence-corrected chi connectivity index (χ2v) is 5.04. The molecule has 0 heterocycles. The van der Waals surface area contributed by atoms with Crippen molar-refractivity contribution in [3.63, 3.8) is 0 Å². The summed E-state index contributed by atoms with van der Waals surface area (Å²) in [7, 11) is 2.03. The summed E-state index contributed by atoms with van der Waals surface area (Å²) in [4.78, 5) is 0. The highest BCUT2D eigenvalue weighted by atomic mass is 14.8. The molecular formula is C18H23N. The molecule has 0 aliphatic heterocycles. The van der Waals surface area contributed by atoms with Gasteiger partial charge in [0.2, 0.25) is 0 Å². The first kappa shape index (κ1) is 13.8. The molecule has 2 rings (SSSR count). The zero-order valence-corrected chi connectivity index (χ0v) is 11.9. The van der Waals surface area contributed by atoms with E-state index in [0.717, 1.165) is 19.4 Å². The fourth-order valence-electron chi connectivity index (χ4n) is 2.54. The fraction of sp³-hybridized carbons (Fsp3) is 0.333. The molecule has 0 saturated carbocycles. The second-order valence-electron chi connectivity index (χ2n) is 5.04. The Morgan fingerprint density at radius 1 is 0.947 bits per heavy atom. The average molecular weight is 253 g/mol. The van der Waals surface area contributed by atoms with Gasteiger partial charge in [-0.3, -0.25) is 0 Å². The minimum absolute atomic E-state index is 0.540. The SMILES string of the molecule is CCc1cccc(CC(CNC)c2ccccc2)c1. The maximum atomic E-state index is 3.32. The lowest BCUT2D eigenvalue weighted by atomic mass is 9.91. The summed E-state index contributed by atoms with van der Waals surface area (Å²) in [5.41, 5.74) is 4.27. The van der Waals surface area contributed by atoms with Gasteiger partial charge < -0.3 is 5.32 Å². The summed E-state index contributed by atoms with van der Waals surface area (Å²) in [6.07, 6.45) is 2.20. The van der Waals surface area contributed by atoms with Crippen LogP contribution < -0.4 is 5.32 Å². The molecule has 1 heteroatoms. The number of nitrogens with one attached hydrogen (secondary N) is 1. The predicted molar refractivity (Wildman–Crippen MR) is 82.6 cm³/mol. The highest BCUT2D eigenvalue weighted by Gasteiger charge is 2.11. The first-order valence-corrected chi connectivity index (χ1v) is 7.10. The van der Waals surface area contributed by atoms with Crippen LogP contribution in [0.4, 0.5) is 0 Å². The van der Waals surface area contributed by atoms with E-state index in [4.69, 9.17) is 0 Å². The molecule has 19 heavy (non-hydrogen) atoms. The smallest absolute Gasteiger partial charge is 0.00203 e. The molecule has 1 unspecified atom stereocenters. The van der Waals surface area contributed by atoms with Crippen molar-refractivity contribution in [3.05, 3.63) is 71.3 Å². The number of benzene rings is 2. The van der Waals surface area contributed by atoms with Crippen molar-refractivity contribution >= 4 is 0 Å². The van der Waals surface area contributed by atoms with Crippen LogP contribution in [0.25, 0.3) is 0 Å². The summed E-state index contributed by atoms with van der Waals surface area (Å²) in [5.74, 6) is 0.540. The van der Waals surface area contributed by atoms with E-state index in [1.165, 1.54) is 16.7 Å². The highest BCUT2D eigenvalue weighted by Crippen LogP contribution is 2.21. The Balaban J connectivity index is 2.16. The number of rotatable bonds is 6. The summed E-state index contributed by atoms with van der Waals surface area (Å²) < 4.78 is 0. The van der Waals surface area contributed by atoms with Crippen molar-refractivity contribution < 1.29 is 0 Å². The Morgan fingerprint density at radius 3 is 2.37 bits per heavy atom. The van der Waals surface area contributed by atoms with E-state index in [2.05, 4.69) is 66.8 Å². The summed E-state index contributed by atoms with van der Waals surface area (Å²) >= 11 is 0. The van der Waals surface area contributed by atoms with E-state index >= 15 is 0 Å². The van der Waals surface area contributed by atoms with Gasteiger partial charge in [0.25, 0.3) is 0 Å². The Bertz CT molecular complexity index is 490. The van der Waals surface area contributed by atoms with Gasteiger partial charge in [0.05, 0.1) is 0 Å². The standard InChI is InChI=1S/C18H23N/c1-3-15-8-7-9-16(12-15)13-18(14-19-2)17-10-5-4-6-11-17/h4-12,18-19H,3,13-14H2,1-2H3. The normalized spacial score (nSPS) is 12.3. The van der Waals surface area contributed by atoms with Crippen LogP contribution in [0.15, 0.2) is 54.6 Å². The van der Waals surface area contributed by atoms with Gasteiger partial charge in [-0.15, -0.1) is 0 Å². The highest BCUT2D eigenvalue weighted by molar-refractivity contribution is 5.28. The van der Waals surface area contributed by atoms with Gasteiger partial charge in [-0.1, -0.05) is 61.5 Å². The molecule has 0 aromatic heterocycles. The minimum Gasteiger partial charge on any atom is -0.319 e. The quantitative estimate of drug-likeness (QED) is 0.826. The van der Waals surface area contributed by atoms with Crippen LogP contribution in [0.2, 0.25) is 0 Å². The van der Waals surface area contributed by atoms with Crippen LogP contribution in [0.3, 0.4) is 0 Å². The zero-order valence-electron chi connectivity index (χ0n) is 11.9. The molecule has 0 saturated heterocycles. The van der Waals surface area contributed by atoms with E-state index in [1.807, 2.05) is 7.05 Å². The molecule has 1 atom stereocenters. The molecule has 1 N–H and O–H groups in total. The molecule has 0 aliphatic carbocycles. The average Bonchev–Trinajstić information content (AvgIpc) is 2.48. The lowest BCUT2D eigenvalue weighted by molar-refractivity contribution is 0.625. The number of hydrogen-bond acceptors (Lipinski definition) is 1. The largest absolute Gasteiger partial charge is 0.319 e. The molecule has 0 spiro atoms. The predicted octanol–water partition coefficient (Wildman–Crippen LogP) is 3.79. The Kier molecular flexibility index (Phi) is 5.17. The van der Waals surface area contributed by atoms with Gasteiger partial charge in [-0.05, 0) is 36.6 Å². The van der Waals surface area contributed by atoms with Crippen LogP contribution in [0.1, 0.15) is 29.5 Å². The lowest BCUT2D eigenvalue weighted by Gasteiger charge is -2.17. The molecule has 2 aromatic rings. The van der Waals surface area contributed by atoms with Crippen molar-refractivity contribution in [2.75, 3.05) is 13.6 Å². The molecule has 0 radical (unpaired) electrons. The van der Waals surface area contributed by atoms with E-state index in [1.54, 1.807) is 0 Å². The molecule has 0 aliphatic rings. The van der Waals surface area contributed by atoms with E-state index in [9.17, 15) is 0 Å². The topological polar surface area (TPSA) is 12.0 Å². The summed E-state index contributed by atoms with van der Waals surface area (Å²) in [5, 5.41) is 3.32. The first-order valence-electron chi connectivity index (χ1n) is 7.10. The molecule has 0 amide bonds. The van der Waals surface area contributed by atoms with Crippen molar-refractivity contribution in [1.29, 1.82) is 0 Å². The third-order valence-corrected chi connectivity index (χ3v) is 3.60. The van der Waals surface area contributed by atoms with Gasteiger partial charge in [0.1, 0.15) is 0 Å². The zero-order chi connectivity index (χ0) is 13.5. The van der Waals surface area contributed by atoms with E-state index in [0.29, 0.717) is 5.92 Å². The van der Waals surface area contributed by atoms with Crippen molar-refractivity contribution in [3.8, 4) is 0 Å². The number of hydrogen-bond donors (Lipinski definition) is 1. The van der Waals surface area contributed by atoms with Gasteiger partial charge >= 0.3 is 0 Å². The Hall–Kier alpha value is -1.60.